The minimum atomic E-state index is -0.475. The quantitative estimate of drug-likeness (QED) is 0.185. The van der Waals surface area contributed by atoms with Crippen LogP contribution in [0.4, 0.5) is 0 Å². The Bertz CT molecular complexity index is 702. The first-order valence-electron chi connectivity index (χ1n) is 9.98. The molecule has 2 nitrogen and oxygen atoms in total. The van der Waals surface area contributed by atoms with Crippen molar-refractivity contribution in [3.63, 3.8) is 0 Å². The van der Waals surface area contributed by atoms with Gasteiger partial charge in [0.15, 0.2) is 0 Å². The Morgan fingerprint density at radius 3 is 2.29 bits per heavy atom. The van der Waals surface area contributed by atoms with E-state index in [0.29, 0.717) is 0 Å². The smallest absolute Gasteiger partial charge is 0.331 e. The lowest BCUT2D eigenvalue weighted by atomic mass is 10.1. The summed E-state index contributed by atoms with van der Waals surface area (Å²) in [4.78, 5) is 13.4. The molecule has 0 aliphatic heterocycles. The second-order valence-corrected chi connectivity index (χ2v) is 9.72. The normalized spacial score (nSPS) is 13.8. The number of hydrogen-bond donors (Lipinski definition) is 0. The zero-order valence-electron chi connectivity index (χ0n) is 18.5. The fraction of sp³-hybridized carbons (Fsp3) is 0.480. The maximum atomic E-state index is 12.2. The number of benzene rings is 1. The largest absolute Gasteiger partial charge is 0.457 e. The van der Waals surface area contributed by atoms with Gasteiger partial charge in [0.2, 0.25) is 0 Å². The highest BCUT2D eigenvalue weighted by Crippen LogP contribution is 2.31. The van der Waals surface area contributed by atoms with Gasteiger partial charge in [0.1, 0.15) is 5.60 Å². The number of thioether (sulfide) groups is 1. The summed E-state index contributed by atoms with van der Waals surface area (Å²) >= 11 is 1.79. The van der Waals surface area contributed by atoms with Crippen LogP contribution >= 0.6 is 11.8 Å². The molecule has 3 heteroatoms. The lowest BCUT2D eigenvalue weighted by Gasteiger charge is -2.20. The summed E-state index contributed by atoms with van der Waals surface area (Å²) < 4.78 is 5.46. The average molecular weight is 401 g/mol. The monoisotopic (exact) mass is 400 g/mol. The fourth-order valence-corrected chi connectivity index (χ4v) is 3.69. The van der Waals surface area contributed by atoms with Crippen LogP contribution in [0.15, 0.2) is 70.2 Å². The summed E-state index contributed by atoms with van der Waals surface area (Å²) in [6.07, 6.45) is 9.28. The van der Waals surface area contributed by atoms with Crippen LogP contribution in [-0.4, -0.2) is 16.8 Å². The summed E-state index contributed by atoms with van der Waals surface area (Å²) in [5, 5.41) is 0.202. The van der Waals surface area contributed by atoms with Gasteiger partial charge >= 0.3 is 5.97 Å². The Balaban J connectivity index is 2.89. The molecule has 1 rings (SSSR count). The molecule has 0 bridgehead atoms. The number of rotatable bonds is 9. The van der Waals surface area contributed by atoms with Crippen molar-refractivity contribution in [1.29, 1.82) is 0 Å². The van der Waals surface area contributed by atoms with Gasteiger partial charge in [0, 0.05) is 16.2 Å². The van der Waals surface area contributed by atoms with Crippen LogP contribution in [0.3, 0.4) is 0 Å². The van der Waals surface area contributed by atoms with E-state index in [9.17, 15) is 4.79 Å². The van der Waals surface area contributed by atoms with Gasteiger partial charge in [-0.3, -0.25) is 0 Å². The van der Waals surface area contributed by atoms with Gasteiger partial charge in [0.25, 0.3) is 0 Å². The van der Waals surface area contributed by atoms with E-state index in [2.05, 4.69) is 45.1 Å². The molecule has 28 heavy (non-hydrogen) atoms. The van der Waals surface area contributed by atoms with E-state index in [0.717, 1.165) is 24.8 Å². The summed E-state index contributed by atoms with van der Waals surface area (Å²) in [5.74, 6) is -0.270. The highest BCUT2D eigenvalue weighted by Gasteiger charge is 2.17. The molecule has 1 aromatic carbocycles. The van der Waals surface area contributed by atoms with Crippen LogP contribution in [0, 0.1) is 0 Å². The lowest BCUT2D eigenvalue weighted by Crippen LogP contribution is -2.23. The summed E-state index contributed by atoms with van der Waals surface area (Å²) in [7, 11) is 0. The van der Waals surface area contributed by atoms with Gasteiger partial charge in [0.05, 0.1) is 0 Å². The maximum Gasteiger partial charge on any atom is 0.331 e. The van der Waals surface area contributed by atoms with Crippen LogP contribution in [0.2, 0.25) is 0 Å². The molecule has 0 aromatic heterocycles. The first-order valence-corrected chi connectivity index (χ1v) is 10.9. The van der Waals surface area contributed by atoms with E-state index in [1.807, 2.05) is 45.9 Å². The van der Waals surface area contributed by atoms with Gasteiger partial charge in [-0.05, 0) is 79.9 Å². The Hall–Kier alpha value is -1.74. The summed E-state index contributed by atoms with van der Waals surface area (Å²) in [6, 6.07) is 10.4. The lowest BCUT2D eigenvalue weighted by molar-refractivity contribution is -0.148. The van der Waals surface area contributed by atoms with Crippen LogP contribution in [0.25, 0.3) is 0 Å². The molecule has 0 aliphatic rings. The predicted molar refractivity (Wildman–Crippen MR) is 123 cm³/mol. The third-order valence-electron chi connectivity index (χ3n) is 4.05. The molecule has 1 atom stereocenters. The average Bonchev–Trinajstić information content (AvgIpc) is 2.57. The Morgan fingerprint density at radius 2 is 1.71 bits per heavy atom. The highest BCUT2D eigenvalue weighted by atomic mass is 32.2. The van der Waals surface area contributed by atoms with Crippen LogP contribution in [-0.2, 0) is 9.53 Å². The summed E-state index contributed by atoms with van der Waals surface area (Å²) in [5.41, 5.74) is 3.32. The minimum Gasteiger partial charge on any atom is -0.457 e. The van der Waals surface area contributed by atoms with Crippen molar-refractivity contribution in [2.24, 2.45) is 0 Å². The molecule has 0 N–H and O–H groups in total. The molecule has 0 radical (unpaired) electrons. The molecule has 0 aliphatic carbocycles. The number of hydrogen-bond acceptors (Lipinski definition) is 3. The first-order chi connectivity index (χ1) is 13.1. The molecular formula is C25H36O2S. The number of carbonyl (C=O) groups is 1. The fourth-order valence-electron chi connectivity index (χ4n) is 2.60. The van der Waals surface area contributed by atoms with Crippen LogP contribution < -0.4 is 0 Å². The van der Waals surface area contributed by atoms with Gasteiger partial charge in [-0.2, -0.15) is 0 Å². The van der Waals surface area contributed by atoms with Gasteiger partial charge in [-0.1, -0.05) is 47.1 Å². The topological polar surface area (TPSA) is 26.3 Å². The Labute approximate surface area is 176 Å². The second kappa shape index (κ2) is 12.0. The van der Waals surface area contributed by atoms with Crippen molar-refractivity contribution in [3.8, 4) is 0 Å². The van der Waals surface area contributed by atoms with Gasteiger partial charge < -0.3 is 4.74 Å². The third kappa shape index (κ3) is 11.2. The molecule has 0 saturated carbocycles. The number of ether oxygens (including phenoxy) is 1. The molecule has 0 saturated heterocycles. The molecule has 0 amide bonds. The second-order valence-electron chi connectivity index (χ2n) is 8.45. The van der Waals surface area contributed by atoms with E-state index >= 15 is 0 Å². The molecule has 1 unspecified atom stereocenters. The predicted octanol–water partition coefficient (Wildman–Crippen LogP) is 7.52. The van der Waals surface area contributed by atoms with Crippen LogP contribution in [0.5, 0.6) is 0 Å². The minimum absolute atomic E-state index is 0.202. The third-order valence-corrected chi connectivity index (χ3v) is 5.45. The van der Waals surface area contributed by atoms with E-state index in [-0.39, 0.29) is 11.2 Å². The maximum absolute atomic E-state index is 12.2. The molecule has 1 aromatic rings. The van der Waals surface area contributed by atoms with Crippen molar-refractivity contribution >= 4 is 17.7 Å². The molecule has 0 spiro atoms. The number of carbonyl (C=O) groups excluding carboxylic acids is 1. The van der Waals surface area contributed by atoms with Crippen molar-refractivity contribution in [1.82, 2.24) is 0 Å². The highest BCUT2D eigenvalue weighted by molar-refractivity contribution is 8.00. The van der Waals surface area contributed by atoms with Crippen LogP contribution in [0.1, 0.15) is 67.7 Å². The van der Waals surface area contributed by atoms with E-state index < -0.39 is 5.60 Å². The zero-order valence-corrected chi connectivity index (χ0v) is 19.4. The van der Waals surface area contributed by atoms with Crippen molar-refractivity contribution in [3.05, 3.63) is 65.3 Å². The van der Waals surface area contributed by atoms with E-state index in [4.69, 9.17) is 4.74 Å². The SMILES string of the molecule is CC(C)=CCC/C(C)=C\CC(Sc1ccccc1)/C(C)=C\C(=O)OC(C)(C)C. The van der Waals surface area contributed by atoms with Gasteiger partial charge in [-0.25, -0.2) is 4.79 Å². The Kier molecular flexibility index (Phi) is 10.4. The molecule has 154 valence electrons. The van der Waals surface area contributed by atoms with E-state index in [1.165, 1.54) is 16.0 Å². The van der Waals surface area contributed by atoms with Crippen molar-refractivity contribution in [2.45, 2.75) is 83.5 Å². The van der Waals surface area contributed by atoms with Crippen molar-refractivity contribution < 1.29 is 9.53 Å². The van der Waals surface area contributed by atoms with E-state index in [1.54, 1.807) is 17.8 Å². The molecular weight excluding hydrogens is 364 g/mol. The van der Waals surface area contributed by atoms with Gasteiger partial charge in [-0.15, -0.1) is 11.8 Å². The summed E-state index contributed by atoms with van der Waals surface area (Å²) in [6.45, 7) is 14.2. The zero-order chi connectivity index (χ0) is 21.2. The first kappa shape index (κ1) is 24.3. The molecule has 0 heterocycles. The number of esters is 1. The Morgan fingerprint density at radius 1 is 1.07 bits per heavy atom. The standard InChI is InChI=1S/C25H36O2S/c1-19(2)12-11-13-20(3)16-17-23(28-22-14-9-8-10-15-22)21(4)18-24(26)27-25(5,6)7/h8-10,12,14-16,18,23H,11,13,17H2,1-7H3/b20-16-,21-18-. The van der Waals surface area contributed by atoms with Crippen molar-refractivity contribution in [2.75, 3.05) is 0 Å². The molecule has 0 fully saturated rings. The number of allylic oxidation sites excluding steroid dienone is 4.